The lowest BCUT2D eigenvalue weighted by Gasteiger charge is -2.11. The van der Waals surface area contributed by atoms with Gasteiger partial charge in [-0.3, -0.25) is 9.59 Å². The predicted molar refractivity (Wildman–Crippen MR) is 80.5 cm³/mol. The van der Waals surface area contributed by atoms with Crippen molar-refractivity contribution in [3.8, 4) is 0 Å². The van der Waals surface area contributed by atoms with Crippen LogP contribution in [0.5, 0.6) is 0 Å². The third-order valence-corrected chi connectivity index (χ3v) is 3.63. The molecule has 3 nitrogen and oxygen atoms in total. The van der Waals surface area contributed by atoms with Gasteiger partial charge in [0.15, 0.2) is 5.78 Å². The maximum absolute atomic E-state index is 12.4. The van der Waals surface area contributed by atoms with E-state index in [0.29, 0.717) is 22.6 Å². The molecule has 0 atom stereocenters. The maximum Gasteiger partial charge on any atom is 0.213 e. The van der Waals surface area contributed by atoms with Gasteiger partial charge in [0.05, 0.1) is 5.02 Å². The molecule has 0 saturated carbocycles. The molecule has 102 valence electrons. The van der Waals surface area contributed by atoms with Gasteiger partial charge in [0.1, 0.15) is 0 Å². The normalized spacial score (nSPS) is 10.2. The van der Waals surface area contributed by atoms with E-state index in [-0.39, 0.29) is 5.78 Å². The SMILES string of the molecule is Cc1cccc(C(=O)c2ccc(N(C)C=O)cc2)c1Cl. The quantitative estimate of drug-likeness (QED) is 0.638. The maximum atomic E-state index is 12.4. The fraction of sp³-hybridized carbons (Fsp3) is 0.125. The molecule has 0 aliphatic carbocycles. The summed E-state index contributed by atoms with van der Waals surface area (Å²) in [5.74, 6) is -0.126. The Labute approximate surface area is 122 Å². The van der Waals surface area contributed by atoms with E-state index in [0.717, 1.165) is 11.3 Å². The third-order valence-electron chi connectivity index (χ3n) is 3.13. The van der Waals surface area contributed by atoms with E-state index < -0.39 is 0 Å². The van der Waals surface area contributed by atoms with Crippen molar-refractivity contribution >= 4 is 29.5 Å². The third kappa shape index (κ3) is 2.73. The molecule has 0 aromatic heterocycles. The average molecular weight is 288 g/mol. The number of benzene rings is 2. The van der Waals surface area contributed by atoms with Gasteiger partial charge in [-0.15, -0.1) is 0 Å². The first-order valence-corrected chi connectivity index (χ1v) is 6.50. The summed E-state index contributed by atoms with van der Waals surface area (Å²) >= 11 is 6.17. The van der Waals surface area contributed by atoms with Crippen LogP contribution in [0.1, 0.15) is 21.5 Å². The van der Waals surface area contributed by atoms with Crippen molar-refractivity contribution in [1.29, 1.82) is 0 Å². The molecule has 1 amide bonds. The number of anilines is 1. The van der Waals surface area contributed by atoms with Crippen LogP contribution in [0, 0.1) is 6.92 Å². The first kappa shape index (κ1) is 14.3. The zero-order valence-corrected chi connectivity index (χ0v) is 12.0. The Bertz CT molecular complexity index is 650. The largest absolute Gasteiger partial charge is 0.318 e. The summed E-state index contributed by atoms with van der Waals surface area (Å²) in [6.45, 7) is 1.86. The van der Waals surface area contributed by atoms with Crippen LogP contribution >= 0.6 is 11.6 Å². The lowest BCUT2D eigenvalue weighted by atomic mass is 10.0. The zero-order valence-electron chi connectivity index (χ0n) is 11.3. The van der Waals surface area contributed by atoms with Gasteiger partial charge < -0.3 is 4.90 Å². The number of hydrogen-bond acceptors (Lipinski definition) is 2. The highest BCUT2D eigenvalue weighted by Gasteiger charge is 2.14. The Morgan fingerprint density at radius 3 is 2.40 bits per heavy atom. The number of halogens is 1. The number of amides is 1. The second-order valence-electron chi connectivity index (χ2n) is 4.53. The topological polar surface area (TPSA) is 37.4 Å². The van der Waals surface area contributed by atoms with E-state index >= 15 is 0 Å². The van der Waals surface area contributed by atoms with Crippen molar-refractivity contribution in [3.05, 3.63) is 64.2 Å². The van der Waals surface area contributed by atoms with Crippen LogP contribution in [-0.4, -0.2) is 19.2 Å². The summed E-state index contributed by atoms with van der Waals surface area (Å²) in [5.41, 5.74) is 2.63. The number of rotatable bonds is 4. The highest BCUT2D eigenvalue weighted by molar-refractivity contribution is 6.35. The zero-order chi connectivity index (χ0) is 14.7. The van der Waals surface area contributed by atoms with Crippen LogP contribution < -0.4 is 4.90 Å². The smallest absolute Gasteiger partial charge is 0.213 e. The number of carbonyl (C=O) groups is 2. The molecule has 2 aromatic rings. The first-order valence-electron chi connectivity index (χ1n) is 6.12. The molecule has 0 unspecified atom stereocenters. The molecule has 0 heterocycles. The van der Waals surface area contributed by atoms with Gasteiger partial charge in [0, 0.05) is 23.9 Å². The molecule has 0 aliphatic rings. The van der Waals surface area contributed by atoms with E-state index in [1.54, 1.807) is 37.4 Å². The summed E-state index contributed by atoms with van der Waals surface area (Å²) in [5, 5.41) is 0.478. The van der Waals surface area contributed by atoms with Gasteiger partial charge in [-0.25, -0.2) is 0 Å². The van der Waals surface area contributed by atoms with Gasteiger partial charge >= 0.3 is 0 Å². The number of hydrogen-bond donors (Lipinski definition) is 0. The fourth-order valence-electron chi connectivity index (χ4n) is 1.89. The van der Waals surface area contributed by atoms with E-state index in [2.05, 4.69) is 0 Å². The Hall–Kier alpha value is -2.13. The lowest BCUT2D eigenvalue weighted by Crippen LogP contribution is -2.13. The van der Waals surface area contributed by atoms with Crippen LogP contribution in [0.15, 0.2) is 42.5 Å². The standard InChI is InChI=1S/C16H14ClNO2/c1-11-4-3-5-14(15(11)17)16(20)12-6-8-13(9-7-12)18(2)10-19/h3-10H,1-2H3. The van der Waals surface area contributed by atoms with Gasteiger partial charge in [0.2, 0.25) is 6.41 Å². The van der Waals surface area contributed by atoms with Crippen molar-refractivity contribution in [3.63, 3.8) is 0 Å². The van der Waals surface area contributed by atoms with Crippen LogP contribution in [-0.2, 0) is 4.79 Å². The highest BCUT2D eigenvalue weighted by Crippen LogP contribution is 2.24. The van der Waals surface area contributed by atoms with Crippen molar-refractivity contribution in [2.45, 2.75) is 6.92 Å². The Morgan fingerprint density at radius 2 is 1.80 bits per heavy atom. The molecule has 4 heteroatoms. The minimum absolute atomic E-state index is 0.126. The molecule has 20 heavy (non-hydrogen) atoms. The van der Waals surface area contributed by atoms with Crippen LogP contribution in [0.4, 0.5) is 5.69 Å². The van der Waals surface area contributed by atoms with Crippen molar-refractivity contribution in [1.82, 2.24) is 0 Å². The molecule has 0 radical (unpaired) electrons. The minimum atomic E-state index is -0.126. The number of aryl methyl sites for hydroxylation is 1. The van der Waals surface area contributed by atoms with Gasteiger partial charge in [-0.1, -0.05) is 23.7 Å². The number of carbonyl (C=O) groups excluding carboxylic acids is 2. The minimum Gasteiger partial charge on any atom is -0.318 e. The molecule has 2 rings (SSSR count). The van der Waals surface area contributed by atoms with Gasteiger partial charge in [0.25, 0.3) is 0 Å². The van der Waals surface area contributed by atoms with Crippen molar-refractivity contribution in [2.75, 3.05) is 11.9 Å². The first-order chi connectivity index (χ1) is 9.54. The summed E-state index contributed by atoms with van der Waals surface area (Å²) in [7, 11) is 1.65. The number of nitrogens with zero attached hydrogens (tertiary/aromatic N) is 1. The van der Waals surface area contributed by atoms with Crippen molar-refractivity contribution in [2.24, 2.45) is 0 Å². The molecular formula is C16H14ClNO2. The van der Waals surface area contributed by atoms with Crippen molar-refractivity contribution < 1.29 is 9.59 Å². The molecule has 0 aliphatic heterocycles. The Balaban J connectivity index is 2.34. The van der Waals surface area contributed by atoms with Crippen LogP contribution in [0.3, 0.4) is 0 Å². The molecule has 0 saturated heterocycles. The fourth-order valence-corrected chi connectivity index (χ4v) is 2.10. The van der Waals surface area contributed by atoms with E-state index in [1.807, 2.05) is 19.1 Å². The van der Waals surface area contributed by atoms with E-state index in [4.69, 9.17) is 11.6 Å². The Morgan fingerprint density at radius 1 is 1.15 bits per heavy atom. The molecule has 0 fully saturated rings. The second-order valence-corrected chi connectivity index (χ2v) is 4.91. The number of ketones is 1. The second kappa shape index (κ2) is 5.88. The Kier molecular flexibility index (Phi) is 4.20. The molecule has 0 N–H and O–H groups in total. The monoisotopic (exact) mass is 287 g/mol. The molecule has 2 aromatic carbocycles. The summed E-state index contributed by atoms with van der Waals surface area (Å²) in [6.07, 6.45) is 0.717. The van der Waals surface area contributed by atoms with Crippen LogP contribution in [0.25, 0.3) is 0 Å². The average Bonchev–Trinajstić information content (AvgIpc) is 2.48. The van der Waals surface area contributed by atoms with E-state index in [9.17, 15) is 9.59 Å². The molecular weight excluding hydrogens is 274 g/mol. The summed E-state index contributed by atoms with van der Waals surface area (Å²) in [6, 6.07) is 12.2. The van der Waals surface area contributed by atoms with Gasteiger partial charge in [-0.2, -0.15) is 0 Å². The van der Waals surface area contributed by atoms with Crippen LogP contribution in [0.2, 0.25) is 5.02 Å². The predicted octanol–water partition coefficient (Wildman–Crippen LogP) is 3.47. The lowest BCUT2D eigenvalue weighted by molar-refractivity contribution is -0.107. The summed E-state index contributed by atoms with van der Waals surface area (Å²) in [4.78, 5) is 24.5. The summed E-state index contributed by atoms with van der Waals surface area (Å²) < 4.78 is 0. The highest BCUT2D eigenvalue weighted by atomic mass is 35.5. The molecule has 0 spiro atoms. The van der Waals surface area contributed by atoms with E-state index in [1.165, 1.54) is 4.90 Å². The van der Waals surface area contributed by atoms with Gasteiger partial charge in [-0.05, 0) is 42.8 Å². The molecule has 0 bridgehead atoms.